The van der Waals surface area contributed by atoms with Crippen molar-refractivity contribution in [3.05, 3.63) is 34.1 Å². The largest absolute Gasteiger partial charge is 0.384 e. The second kappa shape index (κ2) is 4.58. The van der Waals surface area contributed by atoms with Crippen molar-refractivity contribution < 1.29 is 14.6 Å². The standard InChI is InChI=1S/C10H9ClFNO2/c1-5-2-8(12)6(3-7(5)11)10(15)9(14)4-13/h2-3,9-10,14-15H,1H3. The molecule has 15 heavy (non-hydrogen) atoms. The minimum Gasteiger partial charge on any atom is -0.384 e. The van der Waals surface area contributed by atoms with Gasteiger partial charge in [0.25, 0.3) is 0 Å². The van der Waals surface area contributed by atoms with Crippen LogP contribution in [0, 0.1) is 24.1 Å². The van der Waals surface area contributed by atoms with Gasteiger partial charge in [-0.2, -0.15) is 5.26 Å². The van der Waals surface area contributed by atoms with Gasteiger partial charge in [0.1, 0.15) is 11.9 Å². The molecule has 0 saturated carbocycles. The van der Waals surface area contributed by atoms with Gasteiger partial charge in [-0.15, -0.1) is 0 Å². The first-order valence-corrected chi connectivity index (χ1v) is 4.56. The van der Waals surface area contributed by atoms with Crippen LogP contribution in [0.3, 0.4) is 0 Å². The fourth-order valence-corrected chi connectivity index (χ4v) is 1.30. The topological polar surface area (TPSA) is 64.2 Å². The Labute approximate surface area is 91.3 Å². The second-order valence-electron chi connectivity index (χ2n) is 3.14. The normalized spacial score (nSPS) is 14.4. The summed E-state index contributed by atoms with van der Waals surface area (Å²) < 4.78 is 13.3. The summed E-state index contributed by atoms with van der Waals surface area (Å²) in [6.07, 6.45) is -3.26. The highest BCUT2D eigenvalue weighted by Crippen LogP contribution is 2.26. The predicted molar refractivity (Wildman–Crippen MR) is 52.7 cm³/mol. The SMILES string of the molecule is Cc1cc(F)c(C(O)C(O)C#N)cc1Cl. The molecule has 0 amide bonds. The lowest BCUT2D eigenvalue weighted by Crippen LogP contribution is -2.17. The van der Waals surface area contributed by atoms with Crippen LogP contribution in [0.1, 0.15) is 17.2 Å². The highest BCUT2D eigenvalue weighted by molar-refractivity contribution is 6.31. The number of aryl methyl sites for hydroxylation is 1. The predicted octanol–water partition coefficient (Wildman–Crippen LogP) is 1.71. The van der Waals surface area contributed by atoms with Gasteiger partial charge in [-0.05, 0) is 24.6 Å². The van der Waals surface area contributed by atoms with Crippen LogP contribution in [0.15, 0.2) is 12.1 Å². The van der Waals surface area contributed by atoms with E-state index in [9.17, 15) is 9.50 Å². The summed E-state index contributed by atoms with van der Waals surface area (Å²) in [6.45, 7) is 1.61. The number of benzene rings is 1. The molecular formula is C10H9ClFNO2. The molecule has 0 radical (unpaired) electrons. The first-order valence-electron chi connectivity index (χ1n) is 4.18. The zero-order valence-electron chi connectivity index (χ0n) is 7.91. The van der Waals surface area contributed by atoms with Crippen molar-refractivity contribution in [3.63, 3.8) is 0 Å². The summed E-state index contributed by atoms with van der Waals surface area (Å²) in [5.74, 6) is -0.696. The highest BCUT2D eigenvalue weighted by atomic mass is 35.5. The Morgan fingerprint density at radius 2 is 2.07 bits per heavy atom. The van der Waals surface area contributed by atoms with Gasteiger partial charge in [0.2, 0.25) is 0 Å². The van der Waals surface area contributed by atoms with Crippen molar-refractivity contribution in [2.24, 2.45) is 0 Å². The van der Waals surface area contributed by atoms with E-state index in [0.717, 1.165) is 6.07 Å². The molecule has 0 spiro atoms. The molecule has 1 rings (SSSR count). The third-order valence-electron chi connectivity index (χ3n) is 2.03. The molecule has 3 nitrogen and oxygen atoms in total. The van der Waals surface area contributed by atoms with Gasteiger partial charge in [-0.1, -0.05) is 11.6 Å². The number of rotatable bonds is 2. The average molecular weight is 230 g/mol. The van der Waals surface area contributed by atoms with Crippen molar-refractivity contribution in [3.8, 4) is 6.07 Å². The number of hydrogen-bond acceptors (Lipinski definition) is 3. The van der Waals surface area contributed by atoms with E-state index in [0.29, 0.717) is 5.56 Å². The van der Waals surface area contributed by atoms with E-state index in [1.165, 1.54) is 12.1 Å². The Morgan fingerprint density at radius 1 is 1.47 bits per heavy atom. The fraction of sp³-hybridized carbons (Fsp3) is 0.300. The molecule has 2 unspecified atom stereocenters. The van der Waals surface area contributed by atoms with E-state index in [2.05, 4.69) is 0 Å². The molecule has 2 N–H and O–H groups in total. The molecule has 0 fully saturated rings. The van der Waals surface area contributed by atoms with Crippen LogP contribution in [-0.2, 0) is 0 Å². The van der Waals surface area contributed by atoms with Crippen LogP contribution in [-0.4, -0.2) is 16.3 Å². The van der Waals surface area contributed by atoms with Crippen molar-refractivity contribution in [1.29, 1.82) is 5.26 Å². The van der Waals surface area contributed by atoms with E-state index >= 15 is 0 Å². The number of halogens is 2. The molecule has 0 aliphatic rings. The average Bonchev–Trinajstić information content (AvgIpc) is 2.21. The summed E-state index contributed by atoms with van der Waals surface area (Å²) in [5, 5.41) is 27.1. The van der Waals surface area contributed by atoms with Crippen LogP contribution in [0.4, 0.5) is 4.39 Å². The summed E-state index contributed by atoms with van der Waals surface area (Å²) >= 11 is 5.74. The van der Waals surface area contributed by atoms with E-state index in [1.807, 2.05) is 0 Å². The van der Waals surface area contributed by atoms with Crippen LogP contribution in [0.25, 0.3) is 0 Å². The van der Waals surface area contributed by atoms with Gasteiger partial charge >= 0.3 is 0 Å². The van der Waals surface area contributed by atoms with Gasteiger partial charge in [0.15, 0.2) is 6.10 Å². The first kappa shape index (κ1) is 11.9. The Morgan fingerprint density at radius 3 is 2.60 bits per heavy atom. The van der Waals surface area contributed by atoms with E-state index in [4.69, 9.17) is 22.0 Å². The summed E-state index contributed by atoms with van der Waals surface area (Å²) in [7, 11) is 0. The van der Waals surface area contributed by atoms with Crippen molar-refractivity contribution >= 4 is 11.6 Å². The Kier molecular flexibility index (Phi) is 3.64. The van der Waals surface area contributed by atoms with E-state index in [1.54, 1.807) is 6.92 Å². The smallest absolute Gasteiger partial charge is 0.170 e. The molecular weight excluding hydrogens is 221 g/mol. The Bertz CT molecular complexity index is 417. The summed E-state index contributed by atoms with van der Waals surface area (Å²) in [5.41, 5.74) is 0.344. The van der Waals surface area contributed by atoms with Gasteiger partial charge < -0.3 is 10.2 Å². The number of aliphatic hydroxyl groups excluding tert-OH is 2. The monoisotopic (exact) mass is 229 g/mol. The van der Waals surface area contributed by atoms with Crippen LogP contribution < -0.4 is 0 Å². The molecule has 80 valence electrons. The molecule has 0 aromatic heterocycles. The minimum absolute atomic E-state index is 0.181. The van der Waals surface area contributed by atoms with Crippen molar-refractivity contribution in [2.45, 2.75) is 19.1 Å². The second-order valence-corrected chi connectivity index (χ2v) is 3.55. The molecule has 0 aliphatic heterocycles. The van der Waals surface area contributed by atoms with Gasteiger partial charge in [0, 0.05) is 10.6 Å². The van der Waals surface area contributed by atoms with Crippen LogP contribution in [0.2, 0.25) is 5.02 Å². The first-order chi connectivity index (χ1) is 6.97. The summed E-state index contributed by atoms with van der Waals surface area (Å²) in [4.78, 5) is 0. The van der Waals surface area contributed by atoms with Crippen molar-refractivity contribution in [2.75, 3.05) is 0 Å². The minimum atomic E-state index is -1.67. The third-order valence-corrected chi connectivity index (χ3v) is 2.44. The third kappa shape index (κ3) is 2.45. The molecule has 0 heterocycles. The lowest BCUT2D eigenvalue weighted by Gasteiger charge is -2.14. The molecule has 1 aromatic carbocycles. The maximum absolute atomic E-state index is 13.3. The molecule has 0 aliphatic carbocycles. The molecule has 2 atom stereocenters. The maximum Gasteiger partial charge on any atom is 0.170 e. The number of nitriles is 1. The number of hydrogen-bond donors (Lipinski definition) is 2. The van der Waals surface area contributed by atoms with Gasteiger partial charge in [-0.3, -0.25) is 0 Å². The highest BCUT2D eigenvalue weighted by Gasteiger charge is 2.21. The van der Waals surface area contributed by atoms with Gasteiger partial charge in [0.05, 0.1) is 6.07 Å². The Balaban J connectivity index is 3.16. The van der Waals surface area contributed by atoms with Gasteiger partial charge in [-0.25, -0.2) is 4.39 Å². The zero-order valence-corrected chi connectivity index (χ0v) is 8.66. The van der Waals surface area contributed by atoms with Crippen molar-refractivity contribution in [1.82, 2.24) is 0 Å². The quantitative estimate of drug-likeness (QED) is 0.759. The zero-order chi connectivity index (χ0) is 11.6. The number of nitrogens with zero attached hydrogens (tertiary/aromatic N) is 1. The summed E-state index contributed by atoms with van der Waals surface area (Å²) in [6, 6.07) is 3.77. The lowest BCUT2D eigenvalue weighted by molar-refractivity contribution is 0.0503. The molecule has 0 bridgehead atoms. The van der Waals surface area contributed by atoms with E-state index in [-0.39, 0.29) is 10.6 Å². The van der Waals surface area contributed by atoms with Crippen LogP contribution in [0.5, 0.6) is 0 Å². The van der Waals surface area contributed by atoms with E-state index < -0.39 is 18.0 Å². The maximum atomic E-state index is 13.3. The molecule has 5 heteroatoms. The Hall–Kier alpha value is -1.15. The van der Waals surface area contributed by atoms with Crippen LogP contribution >= 0.6 is 11.6 Å². The molecule has 0 saturated heterocycles. The molecule has 1 aromatic rings. The number of aliphatic hydroxyl groups is 2. The fourth-order valence-electron chi connectivity index (χ4n) is 1.13. The lowest BCUT2D eigenvalue weighted by atomic mass is 10.0.